The summed E-state index contributed by atoms with van der Waals surface area (Å²) in [7, 11) is 0. The number of nitrogens with zero attached hydrogens (tertiary/aromatic N) is 1. The number of rotatable bonds is 7. The summed E-state index contributed by atoms with van der Waals surface area (Å²) >= 11 is 0. The second-order valence-corrected chi connectivity index (χ2v) is 8.32. The lowest BCUT2D eigenvalue weighted by Crippen LogP contribution is -2.45. The Morgan fingerprint density at radius 2 is 1.91 bits per heavy atom. The van der Waals surface area contributed by atoms with Gasteiger partial charge in [-0.15, -0.1) is 0 Å². The van der Waals surface area contributed by atoms with Crippen LogP contribution in [0.15, 0.2) is 0 Å². The summed E-state index contributed by atoms with van der Waals surface area (Å²) in [5.41, 5.74) is 0.563. The highest BCUT2D eigenvalue weighted by molar-refractivity contribution is 5.78. The van der Waals surface area contributed by atoms with Gasteiger partial charge in [0.15, 0.2) is 0 Å². The summed E-state index contributed by atoms with van der Waals surface area (Å²) in [6, 6.07) is 0.238. The van der Waals surface area contributed by atoms with Crippen LogP contribution in [0.5, 0.6) is 0 Å². The lowest BCUT2D eigenvalue weighted by Gasteiger charge is -2.39. The minimum absolute atomic E-state index is 0.172. The molecule has 4 heteroatoms. The van der Waals surface area contributed by atoms with Gasteiger partial charge in [-0.05, 0) is 90.6 Å². The van der Waals surface area contributed by atoms with Gasteiger partial charge in [0.1, 0.15) is 0 Å². The smallest absolute Gasteiger partial charge is 0.234 e. The van der Waals surface area contributed by atoms with Crippen molar-refractivity contribution in [2.45, 2.75) is 78.4 Å². The molecule has 2 aliphatic rings. The van der Waals surface area contributed by atoms with Crippen molar-refractivity contribution in [3.8, 4) is 0 Å². The molecule has 1 N–H and O–H groups in total. The average molecular weight is 325 g/mol. The van der Waals surface area contributed by atoms with Crippen molar-refractivity contribution in [2.75, 3.05) is 26.2 Å². The Bertz CT molecular complexity index is 374. The number of hydrogen-bond acceptors (Lipinski definition) is 3. The molecule has 0 bridgehead atoms. The highest BCUT2D eigenvalue weighted by atomic mass is 16.5. The van der Waals surface area contributed by atoms with E-state index in [1.54, 1.807) is 0 Å². The first-order valence-corrected chi connectivity index (χ1v) is 9.52. The quantitative estimate of drug-likeness (QED) is 0.782. The fourth-order valence-electron chi connectivity index (χ4n) is 4.25. The fraction of sp³-hybridized carbons (Fsp3) is 0.947. The van der Waals surface area contributed by atoms with Crippen molar-refractivity contribution in [2.24, 2.45) is 11.3 Å². The zero-order valence-electron chi connectivity index (χ0n) is 15.6. The molecule has 4 nitrogen and oxygen atoms in total. The van der Waals surface area contributed by atoms with Crippen molar-refractivity contribution in [1.29, 1.82) is 0 Å². The van der Waals surface area contributed by atoms with E-state index in [0.717, 1.165) is 25.6 Å². The molecule has 134 valence electrons. The minimum Gasteiger partial charge on any atom is -0.379 e. The van der Waals surface area contributed by atoms with E-state index in [9.17, 15) is 4.79 Å². The van der Waals surface area contributed by atoms with Crippen LogP contribution in [0.3, 0.4) is 0 Å². The number of amides is 1. The van der Waals surface area contributed by atoms with Crippen LogP contribution in [0.1, 0.15) is 66.2 Å². The molecule has 1 spiro atoms. The maximum absolute atomic E-state index is 11.9. The van der Waals surface area contributed by atoms with Gasteiger partial charge >= 0.3 is 0 Å². The number of hydrogen-bond donors (Lipinski definition) is 1. The SMILES string of the molecule is CC(C)NC(=O)CN1CCC2(CC[C@H](CCOC(C)C)C2)CC1. The summed E-state index contributed by atoms with van der Waals surface area (Å²) < 4.78 is 5.72. The van der Waals surface area contributed by atoms with Crippen LogP contribution >= 0.6 is 0 Å². The van der Waals surface area contributed by atoms with E-state index in [-0.39, 0.29) is 11.9 Å². The molecule has 1 saturated carbocycles. The molecule has 23 heavy (non-hydrogen) atoms. The van der Waals surface area contributed by atoms with Gasteiger partial charge in [-0.25, -0.2) is 0 Å². The van der Waals surface area contributed by atoms with E-state index in [0.29, 0.717) is 18.1 Å². The molecule has 2 fully saturated rings. The van der Waals surface area contributed by atoms with Gasteiger partial charge in [-0.3, -0.25) is 9.69 Å². The summed E-state index contributed by atoms with van der Waals surface area (Å²) in [5.74, 6) is 1.02. The van der Waals surface area contributed by atoms with E-state index in [4.69, 9.17) is 4.74 Å². The van der Waals surface area contributed by atoms with Gasteiger partial charge in [0.25, 0.3) is 0 Å². The molecule has 0 aromatic heterocycles. The average Bonchev–Trinajstić information content (AvgIpc) is 2.84. The Hall–Kier alpha value is -0.610. The third-order valence-corrected chi connectivity index (χ3v) is 5.52. The first kappa shape index (κ1) is 18.7. The van der Waals surface area contributed by atoms with Crippen LogP contribution in [0, 0.1) is 11.3 Å². The summed E-state index contributed by atoms with van der Waals surface area (Å²) in [6.45, 7) is 11.9. The molecular weight excluding hydrogens is 288 g/mol. The molecule has 1 aliphatic heterocycles. The normalized spacial score (nSPS) is 24.7. The summed E-state index contributed by atoms with van der Waals surface area (Å²) in [4.78, 5) is 14.2. The molecular formula is C19H36N2O2. The third-order valence-electron chi connectivity index (χ3n) is 5.52. The van der Waals surface area contributed by atoms with Crippen LogP contribution in [0.4, 0.5) is 0 Å². The molecule has 0 unspecified atom stereocenters. The topological polar surface area (TPSA) is 41.6 Å². The number of carbonyl (C=O) groups is 1. The first-order chi connectivity index (χ1) is 10.9. The van der Waals surface area contributed by atoms with Gasteiger partial charge in [0.05, 0.1) is 12.6 Å². The highest BCUT2D eigenvalue weighted by Gasteiger charge is 2.41. The van der Waals surface area contributed by atoms with Crippen molar-refractivity contribution in [1.82, 2.24) is 10.2 Å². The van der Waals surface area contributed by atoms with E-state index in [1.165, 1.54) is 38.5 Å². The van der Waals surface area contributed by atoms with Crippen LogP contribution in [-0.4, -0.2) is 49.2 Å². The number of carbonyl (C=O) groups excluding carboxylic acids is 1. The van der Waals surface area contributed by atoms with Crippen LogP contribution in [-0.2, 0) is 9.53 Å². The van der Waals surface area contributed by atoms with Gasteiger partial charge < -0.3 is 10.1 Å². The van der Waals surface area contributed by atoms with E-state index >= 15 is 0 Å². The first-order valence-electron chi connectivity index (χ1n) is 9.52. The summed E-state index contributed by atoms with van der Waals surface area (Å²) in [5, 5.41) is 3.00. The van der Waals surface area contributed by atoms with Gasteiger partial charge in [-0.2, -0.15) is 0 Å². The lowest BCUT2D eigenvalue weighted by atomic mass is 9.76. The largest absolute Gasteiger partial charge is 0.379 e. The second kappa shape index (κ2) is 8.48. The molecule has 2 rings (SSSR count). The highest BCUT2D eigenvalue weighted by Crippen LogP contribution is 2.49. The number of piperidine rings is 1. The van der Waals surface area contributed by atoms with Gasteiger partial charge in [-0.1, -0.05) is 0 Å². The van der Waals surface area contributed by atoms with Crippen LogP contribution in [0.25, 0.3) is 0 Å². The van der Waals surface area contributed by atoms with E-state index in [1.807, 2.05) is 13.8 Å². The number of likely N-dealkylation sites (tertiary alicyclic amines) is 1. The molecule has 0 radical (unpaired) electrons. The second-order valence-electron chi connectivity index (χ2n) is 8.32. The standard InChI is InChI=1S/C19H36N2O2/c1-15(2)20-18(22)14-21-10-8-19(9-11-21)7-5-17(13-19)6-12-23-16(3)4/h15-17H,5-14H2,1-4H3,(H,20,22)/t17-/m1/s1. The number of ether oxygens (including phenoxy) is 1. The lowest BCUT2D eigenvalue weighted by molar-refractivity contribution is -0.123. The van der Waals surface area contributed by atoms with Crippen molar-refractivity contribution in [3.63, 3.8) is 0 Å². The van der Waals surface area contributed by atoms with Crippen molar-refractivity contribution < 1.29 is 9.53 Å². The van der Waals surface area contributed by atoms with Crippen LogP contribution < -0.4 is 5.32 Å². The third kappa shape index (κ3) is 6.07. The molecule has 1 amide bonds. The zero-order valence-corrected chi connectivity index (χ0v) is 15.6. The van der Waals surface area contributed by atoms with E-state index < -0.39 is 0 Å². The Kier molecular flexibility index (Phi) is 6.90. The minimum atomic E-state index is 0.172. The molecule has 0 aromatic rings. The zero-order chi connectivity index (χ0) is 16.9. The summed E-state index contributed by atoms with van der Waals surface area (Å²) in [6.07, 6.45) is 8.24. The molecule has 1 saturated heterocycles. The maximum Gasteiger partial charge on any atom is 0.234 e. The molecule has 0 aromatic carbocycles. The number of nitrogens with one attached hydrogen (secondary N) is 1. The fourth-order valence-corrected chi connectivity index (χ4v) is 4.25. The maximum atomic E-state index is 11.9. The predicted molar refractivity (Wildman–Crippen MR) is 94.4 cm³/mol. The van der Waals surface area contributed by atoms with Gasteiger partial charge in [0.2, 0.25) is 5.91 Å². The Labute approximate surface area is 142 Å². The predicted octanol–water partition coefficient (Wildman–Crippen LogP) is 3.21. The van der Waals surface area contributed by atoms with Crippen molar-refractivity contribution in [3.05, 3.63) is 0 Å². The van der Waals surface area contributed by atoms with Gasteiger partial charge in [0, 0.05) is 12.6 Å². The van der Waals surface area contributed by atoms with Crippen molar-refractivity contribution >= 4 is 5.91 Å². The molecule has 1 atom stereocenters. The molecule has 1 aliphatic carbocycles. The van der Waals surface area contributed by atoms with E-state index in [2.05, 4.69) is 24.1 Å². The van der Waals surface area contributed by atoms with Crippen LogP contribution in [0.2, 0.25) is 0 Å². The monoisotopic (exact) mass is 324 g/mol. The Morgan fingerprint density at radius 1 is 1.22 bits per heavy atom. The Morgan fingerprint density at radius 3 is 2.52 bits per heavy atom. The Balaban J connectivity index is 1.69. The molecule has 1 heterocycles.